The van der Waals surface area contributed by atoms with Crippen LogP contribution in [0.15, 0.2) is 46.9 Å². The first-order valence-corrected chi connectivity index (χ1v) is 6.21. The number of furan rings is 1. The minimum absolute atomic E-state index is 0.182. The van der Waals surface area contributed by atoms with E-state index in [1.54, 1.807) is 18.2 Å². The third kappa shape index (κ3) is 1.42. The number of pyridine rings is 1. The van der Waals surface area contributed by atoms with Gasteiger partial charge in [0.25, 0.3) is 0 Å². The third-order valence-electron chi connectivity index (χ3n) is 3.22. The van der Waals surface area contributed by atoms with Crippen molar-refractivity contribution in [2.75, 3.05) is 0 Å². The number of halogens is 1. The second-order valence-electron chi connectivity index (χ2n) is 4.40. The molecule has 0 spiro atoms. The van der Waals surface area contributed by atoms with Gasteiger partial charge < -0.3 is 9.52 Å². The molecule has 0 radical (unpaired) electrons. The van der Waals surface area contributed by atoms with Crippen LogP contribution in [0.5, 0.6) is 5.75 Å². The smallest absolute Gasteiger partial charge is 0.173 e. The second-order valence-corrected chi connectivity index (χ2v) is 4.78. The Bertz CT molecular complexity index is 943. The van der Waals surface area contributed by atoms with Crippen molar-refractivity contribution >= 4 is 44.6 Å². The van der Waals surface area contributed by atoms with Crippen LogP contribution in [0.2, 0.25) is 5.02 Å². The first-order chi connectivity index (χ1) is 9.24. The molecule has 0 amide bonds. The summed E-state index contributed by atoms with van der Waals surface area (Å²) in [6.07, 6.45) is 0. The number of hydrogen-bond donors (Lipinski definition) is 1. The number of phenolic OH excluding ortho intramolecular Hbond substituents is 1. The Balaban J connectivity index is 2.30. The Morgan fingerprint density at radius 3 is 2.79 bits per heavy atom. The Morgan fingerprint density at radius 2 is 1.89 bits per heavy atom. The molecule has 0 unspecified atom stereocenters. The number of para-hydroxylation sites is 1. The average Bonchev–Trinajstić information content (AvgIpc) is 2.78. The fourth-order valence-electron chi connectivity index (χ4n) is 2.33. The summed E-state index contributed by atoms with van der Waals surface area (Å²) in [5.41, 5.74) is 2.71. The van der Waals surface area contributed by atoms with Crippen molar-refractivity contribution in [1.82, 2.24) is 4.98 Å². The van der Waals surface area contributed by atoms with E-state index < -0.39 is 0 Å². The van der Waals surface area contributed by atoms with Crippen LogP contribution in [-0.2, 0) is 0 Å². The van der Waals surface area contributed by atoms with E-state index >= 15 is 0 Å². The Hall–Kier alpha value is -2.26. The van der Waals surface area contributed by atoms with Gasteiger partial charge in [-0.1, -0.05) is 29.8 Å². The zero-order valence-electron chi connectivity index (χ0n) is 9.72. The topological polar surface area (TPSA) is 46.3 Å². The zero-order valence-corrected chi connectivity index (χ0v) is 10.5. The highest BCUT2D eigenvalue weighted by Crippen LogP contribution is 2.37. The third-order valence-corrected chi connectivity index (χ3v) is 3.59. The first kappa shape index (κ1) is 10.6. The Labute approximate surface area is 113 Å². The van der Waals surface area contributed by atoms with E-state index in [-0.39, 0.29) is 5.75 Å². The van der Waals surface area contributed by atoms with Gasteiger partial charge in [0.2, 0.25) is 0 Å². The number of aromatic hydroxyl groups is 1. The number of phenols is 1. The quantitative estimate of drug-likeness (QED) is 0.511. The van der Waals surface area contributed by atoms with E-state index in [0.29, 0.717) is 21.7 Å². The molecule has 92 valence electrons. The molecule has 0 saturated carbocycles. The summed E-state index contributed by atoms with van der Waals surface area (Å²) < 4.78 is 5.74. The lowest BCUT2D eigenvalue weighted by Gasteiger charge is -1.99. The fourth-order valence-corrected chi connectivity index (χ4v) is 2.62. The van der Waals surface area contributed by atoms with Crippen LogP contribution in [0.3, 0.4) is 0 Å². The maximum Gasteiger partial charge on any atom is 0.173 e. The van der Waals surface area contributed by atoms with Crippen LogP contribution in [0.25, 0.3) is 33.0 Å². The highest BCUT2D eigenvalue weighted by atomic mass is 35.5. The van der Waals surface area contributed by atoms with Gasteiger partial charge in [-0.2, -0.15) is 0 Å². The number of benzene rings is 2. The lowest BCUT2D eigenvalue weighted by Crippen LogP contribution is -1.81. The van der Waals surface area contributed by atoms with Crippen LogP contribution >= 0.6 is 11.6 Å². The fraction of sp³-hybridized carbons (Fsp3) is 0. The largest absolute Gasteiger partial charge is 0.508 e. The molecular formula is C15H8ClNO2. The molecule has 4 rings (SSSR count). The van der Waals surface area contributed by atoms with Crippen LogP contribution in [-0.4, -0.2) is 10.1 Å². The molecule has 0 bridgehead atoms. The minimum atomic E-state index is 0.182. The normalized spacial score (nSPS) is 11.6. The van der Waals surface area contributed by atoms with Gasteiger partial charge in [-0.05, 0) is 24.3 Å². The molecule has 0 aliphatic carbocycles. The van der Waals surface area contributed by atoms with Crippen molar-refractivity contribution in [2.24, 2.45) is 0 Å². The highest BCUT2D eigenvalue weighted by Gasteiger charge is 2.14. The number of hydrogen-bond acceptors (Lipinski definition) is 3. The van der Waals surface area contributed by atoms with E-state index in [4.69, 9.17) is 16.0 Å². The molecule has 0 fully saturated rings. The lowest BCUT2D eigenvalue weighted by molar-refractivity contribution is 0.476. The maximum absolute atomic E-state index is 9.59. The van der Waals surface area contributed by atoms with Gasteiger partial charge in [-0.25, -0.2) is 4.98 Å². The van der Waals surface area contributed by atoms with Gasteiger partial charge in [0.15, 0.2) is 5.58 Å². The van der Waals surface area contributed by atoms with Gasteiger partial charge in [-0.3, -0.25) is 0 Å². The molecular weight excluding hydrogens is 262 g/mol. The molecule has 3 nitrogen and oxygen atoms in total. The van der Waals surface area contributed by atoms with Crippen molar-refractivity contribution in [3.63, 3.8) is 0 Å². The monoisotopic (exact) mass is 269 g/mol. The number of aromatic nitrogens is 1. The number of fused-ring (bicyclic) bond motifs is 4. The van der Waals surface area contributed by atoms with Crippen molar-refractivity contribution in [2.45, 2.75) is 0 Å². The maximum atomic E-state index is 9.59. The molecule has 19 heavy (non-hydrogen) atoms. The van der Waals surface area contributed by atoms with Crippen LogP contribution in [0.1, 0.15) is 0 Å². The van der Waals surface area contributed by atoms with Gasteiger partial charge in [0, 0.05) is 5.39 Å². The minimum Gasteiger partial charge on any atom is -0.508 e. The summed E-state index contributed by atoms with van der Waals surface area (Å²) >= 11 is 6.39. The molecule has 4 aromatic rings. The van der Waals surface area contributed by atoms with Crippen LogP contribution in [0.4, 0.5) is 0 Å². The van der Waals surface area contributed by atoms with E-state index in [2.05, 4.69) is 4.98 Å². The second kappa shape index (κ2) is 3.62. The van der Waals surface area contributed by atoms with Gasteiger partial charge in [0.1, 0.15) is 16.8 Å². The molecule has 1 N–H and O–H groups in total. The van der Waals surface area contributed by atoms with Crippen molar-refractivity contribution < 1.29 is 9.52 Å². The standard InChI is InChI=1S/C15H8ClNO2/c16-13-9-3-1-2-4-11(9)17-14-10-7-8(18)5-6-12(10)19-15(13)14/h1-7,18H. The summed E-state index contributed by atoms with van der Waals surface area (Å²) in [6.45, 7) is 0. The van der Waals surface area contributed by atoms with Crippen molar-refractivity contribution in [3.8, 4) is 5.75 Å². The van der Waals surface area contributed by atoms with Crippen molar-refractivity contribution in [1.29, 1.82) is 0 Å². The highest BCUT2D eigenvalue weighted by molar-refractivity contribution is 6.40. The molecule has 0 aliphatic heterocycles. The average molecular weight is 270 g/mol. The Morgan fingerprint density at radius 1 is 1.05 bits per heavy atom. The van der Waals surface area contributed by atoms with Gasteiger partial charge in [-0.15, -0.1) is 0 Å². The summed E-state index contributed by atoms with van der Waals surface area (Å²) in [5.74, 6) is 0.182. The SMILES string of the molecule is Oc1ccc2oc3c(Cl)c4ccccc4nc3c2c1. The van der Waals surface area contributed by atoms with E-state index in [9.17, 15) is 5.11 Å². The summed E-state index contributed by atoms with van der Waals surface area (Å²) in [6, 6.07) is 12.6. The molecule has 0 aliphatic rings. The number of nitrogens with zero attached hydrogens (tertiary/aromatic N) is 1. The summed E-state index contributed by atoms with van der Waals surface area (Å²) in [7, 11) is 0. The number of rotatable bonds is 0. The van der Waals surface area contributed by atoms with E-state index in [1.807, 2.05) is 24.3 Å². The predicted molar refractivity (Wildman–Crippen MR) is 75.7 cm³/mol. The Kier molecular flexibility index (Phi) is 2.03. The molecule has 2 heterocycles. The zero-order chi connectivity index (χ0) is 13.0. The predicted octanol–water partition coefficient (Wildman–Crippen LogP) is 4.49. The molecule has 0 saturated heterocycles. The van der Waals surface area contributed by atoms with E-state index in [1.165, 1.54) is 0 Å². The van der Waals surface area contributed by atoms with Crippen LogP contribution < -0.4 is 0 Å². The van der Waals surface area contributed by atoms with Crippen LogP contribution in [0, 0.1) is 0 Å². The van der Waals surface area contributed by atoms with Gasteiger partial charge in [0.05, 0.1) is 15.9 Å². The first-order valence-electron chi connectivity index (χ1n) is 5.83. The summed E-state index contributed by atoms with van der Waals surface area (Å²) in [4.78, 5) is 4.58. The van der Waals surface area contributed by atoms with Crippen molar-refractivity contribution in [3.05, 3.63) is 47.5 Å². The summed E-state index contributed by atoms with van der Waals surface area (Å²) in [5, 5.41) is 11.8. The molecule has 4 heteroatoms. The van der Waals surface area contributed by atoms with Gasteiger partial charge >= 0.3 is 0 Å². The molecule has 2 aromatic carbocycles. The lowest BCUT2D eigenvalue weighted by atomic mass is 10.1. The van der Waals surface area contributed by atoms with E-state index in [0.717, 1.165) is 16.3 Å². The molecule has 0 atom stereocenters. The molecule has 2 aromatic heterocycles.